The topological polar surface area (TPSA) is 88.0 Å². The molecular formula is C50H36N4O4P2. The SMILES string of the molecule is O=c1c2ccccc2c(=O)n2n1[C@H](c1ccccc1)P(c1ccccc1P1[C@@H](c3ccccc3)n3c(=O)c4ccccc4c(=O)n3[C@@H]1c1ccccc1)[C@H]2c1ccccc1. The summed E-state index contributed by atoms with van der Waals surface area (Å²) >= 11 is 0. The molecule has 0 spiro atoms. The maximum absolute atomic E-state index is 15.0. The van der Waals surface area contributed by atoms with Gasteiger partial charge in [-0.3, -0.25) is 19.2 Å². The Morgan fingerprint density at radius 1 is 0.267 bits per heavy atom. The van der Waals surface area contributed by atoms with E-state index in [-0.39, 0.29) is 22.2 Å². The van der Waals surface area contributed by atoms with Crippen molar-refractivity contribution < 1.29 is 0 Å². The summed E-state index contributed by atoms with van der Waals surface area (Å²) in [5, 5.41) is 3.55. The number of benzene rings is 7. The highest BCUT2D eigenvalue weighted by atomic mass is 31.1. The van der Waals surface area contributed by atoms with Crippen LogP contribution >= 0.6 is 15.8 Å². The van der Waals surface area contributed by atoms with Crippen molar-refractivity contribution >= 4 is 48.0 Å². The first kappa shape index (κ1) is 36.4. The molecule has 0 radical (unpaired) electrons. The molecule has 0 saturated heterocycles. The van der Waals surface area contributed by atoms with Gasteiger partial charge in [0.15, 0.2) is 0 Å². The van der Waals surface area contributed by atoms with Crippen molar-refractivity contribution in [3.05, 3.63) is 258 Å². The molecule has 0 N–H and O–H groups in total. The zero-order valence-electron chi connectivity index (χ0n) is 32.1. The van der Waals surface area contributed by atoms with Crippen molar-refractivity contribution in [3.8, 4) is 0 Å². The van der Waals surface area contributed by atoms with Crippen LogP contribution in [-0.4, -0.2) is 18.7 Å². The van der Waals surface area contributed by atoms with Gasteiger partial charge < -0.3 is 0 Å². The summed E-state index contributed by atoms with van der Waals surface area (Å²) in [6.07, 6.45) is 0. The summed E-state index contributed by atoms with van der Waals surface area (Å²) in [5.41, 5.74) is 2.77. The summed E-state index contributed by atoms with van der Waals surface area (Å²) in [7, 11) is -3.02. The number of fused-ring (bicyclic) bond motifs is 4. The fourth-order valence-electron chi connectivity index (χ4n) is 9.39. The first-order chi connectivity index (χ1) is 29.5. The van der Waals surface area contributed by atoms with E-state index in [9.17, 15) is 0 Å². The molecule has 2 aromatic heterocycles. The number of rotatable bonds is 6. The molecule has 4 heterocycles. The summed E-state index contributed by atoms with van der Waals surface area (Å²) in [6, 6.07) is 62.7. The van der Waals surface area contributed by atoms with E-state index < -0.39 is 39.0 Å². The fourth-order valence-corrected chi connectivity index (χ4v) is 16.6. The predicted octanol–water partition coefficient (Wildman–Crippen LogP) is 8.47. The van der Waals surface area contributed by atoms with Crippen molar-refractivity contribution in [2.75, 3.05) is 0 Å². The number of aromatic nitrogens is 4. The lowest BCUT2D eigenvalue weighted by atomic mass is 10.2. The van der Waals surface area contributed by atoms with Gasteiger partial charge in [0, 0.05) is 0 Å². The van der Waals surface area contributed by atoms with E-state index in [2.05, 4.69) is 12.1 Å². The van der Waals surface area contributed by atoms with Crippen LogP contribution in [0.4, 0.5) is 0 Å². The van der Waals surface area contributed by atoms with Crippen LogP contribution in [0.3, 0.4) is 0 Å². The molecule has 7 aromatic carbocycles. The fraction of sp³-hybridized carbons (Fsp3) is 0.0800. The molecule has 0 amide bonds. The van der Waals surface area contributed by atoms with Gasteiger partial charge in [0.1, 0.15) is 23.1 Å². The Labute approximate surface area is 346 Å². The molecule has 4 atom stereocenters. The third-order valence-corrected chi connectivity index (χ3v) is 18.1. The van der Waals surface area contributed by atoms with Crippen LogP contribution in [-0.2, 0) is 0 Å². The lowest BCUT2D eigenvalue weighted by Crippen LogP contribution is -2.37. The van der Waals surface area contributed by atoms with Crippen LogP contribution in [0.2, 0.25) is 0 Å². The molecule has 2 aliphatic rings. The van der Waals surface area contributed by atoms with E-state index >= 15 is 19.2 Å². The van der Waals surface area contributed by atoms with Gasteiger partial charge >= 0.3 is 0 Å². The predicted molar refractivity (Wildman–Crippen MR) is 243 cm³/mol. The Morgan fingerprint density at radius 2 is 0.467 bits per heavy atom. The van der Waals surface area contributed by atoms with Gasteiger partial charge in [-0.15, -0.1) is 0 Å². The molecule has 8 nitrogen and oxygen atoms in total. The van der Waals surface area contributed by atoms with Crippen molar-refractivity contribution in [1.82, 2.24) is 18.7 Å². The summed E-state index contributed by atoms with van der Waals surface area (Å²) in [4.78, 5) is 60.0. The van der Waals surface area contributed by atoms with Crippen molar-refractivity contribution in [3.63, 3.8) is 0 Å². The third kappa shape index (κ3) is 5.45. The van der Waals surface area contributed by atoms with Crippen LogP contribution in [0.1, 0.15) is 45.4 Å². The average molecular weight is 819 g/mol. The van der Waals surface area contributed by atoms with Crippen molar-refractivity contribution in [2.45, 2.75) is 23.1 Å². The van der Waals surface area contributed by atoms with E-state index in [1.807, 2.05) is 133 Å². The first-order valence-corrected chi connectivity index (χ1v) is 22.9. The monoisotopic (exact) mass is 818 g/mol. The van der Waals surface area contributed by atoms with Crippen molar-refractivity contribution in [1.29, 1.82) is 0 Å². The molecule has 0 bridgehead atoms. The second-order valence-electron chi connectivity index (χ2n) is 15.1. The quantitative estimate of drug-likeness (QED) is 0.158. The lowest BCUT2D eigenvalue weighted by Gasteiger charge is -2.32. The minimum absolute atomic E-state index is 0.226. The van der Waals surface area contributed by atoms with Crippen LogP contribution in [0.5, 0.6) is 0 Å². The Hall–Kier alpha value is -6.72. The normalized spacial score (nSPS) is 18.8. The van der Waals surface area contributed by atoms with Gasteiger partial charge in [-0.25, -0.2) is 18.7 Å². The van der Waals surface area contributed by atoms with Gasteiger partial charge in [-0.1, -0.05) is 170 Å². The summed E-state index contributed by atoms with van der Waals surface area (Å²) < 4.78 is 6.90. The van der Waals surface area contributed by atoms with Gasteiger partial charge in [0.2, 0.25) is 0 Å². The zero-order chi connectivity index (χ0) is 40.5. The molecule has 10 heteroatoms. The van der Waals surface area contributed by atoms with Crippen LogP contribution in [0.15, 0.2) is 213 Å². The Morgan fingerprint density at radius 3 is 0.700 bits per heavy atom. The summed E-state index contributed by atoms with van der Waals surface area (Å²) in [5.74, 6) is -2.13. The van der Waals surface area contributed by atoms with Crippen LogP contribution in [0, 0.1) is 0 Å². The van der Waals surface area contributed by atoms with Gasteiger partial charge in [0.25, 0.3) is 22.2 Å². The van der Waals surface area contributed by atoms with Gasteiger partial charge in [0.05, 0.1) is 21.5 Å². The largest absolute Gasteiger partial charge is 0.274 e. The second-order valence-corrected chi connectivity index (χ2v) is 19.7. The van der Waals surface area contributed by atoms with E-state index in [0.717, 1.165) is 32.9 Å². The smallest absolute Gasteiger partial charge is 0.267 e. The maximum atomic E-state index is 15.0. The molecule has 60 heavy (non-hydrogen) atoms. The minimum Gasteiger partial charge on any atom is -0.267 e. The van der Waals surface area contributed by atoms with Crippen LogP contribution < -0.4 is 32.8 Å². The second kappa shape index (κ2) is 14.5. The Bertz CT molecular complexity index is 2930. The van der Waals surface area contributed by atoms with E-state index in [1.165, 1.54) is 0 Å². The lowest BCUT2D eigenvalue weighted by molar-refractivity contribution is 0.494. The molecule has 290 valence electrons. The zero-order valence-corrected chi connectivity index (χ0v) is 33.9. The average Bonchev–Trinajstić information content (AvgIpc) is 3.87. The van der Waals surface area contributed by atoms with Gasteiger partial charge in [-0.2, -0.15) is 0 Å². The molecule has 11 rings (SSSR count). The molecule has 0 saturated carbocycles. The standard InChI is InChI=1S/C50H36N4O4P2/c55-43-37-27-13-14-28-38(37)44(56)52-48(34-21-7-2-8-22-34)59(47(51(43)52)33-19-5-1-6-20-33)41-31-17-18-32-42(41)60-49(35-23-9-3-10-24-35)53-45(57)39-29-15-16-30-40(39)46(58)54(53)50(60)36-25-11-4-12-26-36/h1-32,47-50H/t47-,48-,49-,50-/m0/s1. The maximum Gasteiger partial charge on any atom is 0.274 e. The van der Waals surface area contributed by atoms with Crippen molar-refractivity contribution in [2.24, 2.45) is 0 Å². The highest BCUT2D eigenvalue weighted by Crippen LogP contribution is 2.69. The summed E-state index contributed by atoms with van der Waals surface area (Å²) in [6.45, 7) is 0. The van der Waals surface area contributed by atoms with Crippen LogP contribution in [0.25, 0.3) is 21.5 Å². The molecule has 0 aliphatic carbocycles. The molecule has 0 fully saturated rings. The Balaban J connectivity index is 1.26. The Kier molecular flexibility index (Phi) is 8.81. The minimum atomic E-state index is -1.51. The molecule has 0 unspecified atom stereocenters. The van der Waals surface area contributed by atoms with E-state index in [4.69, 9.17) is 0 Å². The highest BCUT2D eigenvalue weighted by molar-refractivity contribution is 7.72. The van der Waals surface area contributed by atoms with E-state index in [1.54, 1.807) is 67.3 Å². The highest BCUT2D eigenvalue weighted by Gasteiger charge is 2.50. The number of hydrogen-bond donors (Lipinski definition) is 0. The van der Waals surface area contributed by atoms with E-state index in [0.29, 0.717) is 21.5 Å². The molecule has 2 aliphatic heterocycles. The number of nitrogens with zero attached hydrogens (tertiary/aromatic N) is 4. The van der Waals surface area contributed by atoms with Gasteiger partial charge in [-0.05, 0) is 73.0 Å². The molecular weight excluding hydrogens is 783 g/mol. The third-order valence-electron chi connectivity index (χ3n) is 11.9. The number of hydrogen-bond acceptors (Lipinski definition) is 4. The first-order valence-electron chi connectivity index (χ1n) is 19.9. The molecule has 9 aromatic rings.